The molecule has 0 radical (unpaired) electrons. The molecule has 2 aliphatic heterocycles. The Morgan fingerprint density at radius 2 is 1.73 bits per heavy atom. The number of carbonyl (C=O) groups excluding carboxylic acids is 3. The third-order valence-electron chi connectivity index (χ3n) is 8.40. The fourth-order valence-electron chi connectivity index (χ4n) is 6.39. The highest BCUT2D eigenvalue weighted by atomic mass is 16.6. The number of rotatable bonds is 7. The Morgan fingerprint density at radius 1 is 1.02 bits per heavy atom. The number of benzene rings is 1. The molecule has 2 aromatic heterocycles. The standard InChI is InChI=1S/C34H46N6O4/c1-22(2)36-31(41)30-29(26-8-6-7-9-27(26)37-30)24-13-18-40(19-14-24)32(42)25-11-16-39(17-12-25)21-23-10-15-35-28(20-23)38-33(43)44-34(3,4)5/h6-10,15,20,22,24-25,37H,11-14,16-19,21H2,1-5H3,(H,36,41)(H,35,38,43). The van der Waals surface area contributed by atoms with Crippen molar-refractivity contribution in [3.63, 3.8) is 0 Å². The lowest BCUT2D eigenvalue weighted by Crippen LogP contribution is -2.45. The molecule has 3 amide bonds. The number of H-pyrrole nitrogens is 1. The fourth-order valence-corrected chi connectivity index (χ4v) is 6.39. The number of ether oxygens (including phenoxy) is 1. The average Bonchev–Trinajstić information content (AvgIpc) is 3.36. The summed E-state index contributed by atoms with van der Waals surface area (Å²) in [5.74, 6) is 0.905. The highest BCUT2D eigenvalue weighted by Crippen LogP contribution is 2.37. The first-order chi connectivity index (χ1) is 21.0. The van der Waals surface area contributed by atoms with E-state index in [0.29, 0.717) is 24.6 Å². The molecule has 2 fully saturated rings. The summed E-state index contributed by atoms with van der Waals surface area (Å²) in [5, 5.41) is 6.85. The normalized spacial score (nSPS) is 17.2. The van der Waals surface area contributed by atoms with Crippen molar-refractivity contribution in [3.05, 3.63) is 59.4 Å². The van der Waals surface area contributed by atoms with Gasteiger partial charge in [0.05, 0.1) is 0 Å². The highest BCUT2D eigenvalue weighted by Gasteiger charge is 2.33. The van der Waals surface area contributed by atoms with Crippen LogP contribution in [-0.2, 0) is 16.1 Å². The summed E-state index contributed by atoms with van der Waals surface area (Å²) in [7, 11) is 0. The van der Waals surface area contributed by atoms with Gasteiger partial charge in [0.15, 0.2) is 0 Å². The summed E-state index contributed by atoms with van der Waals surface area (Å²) in [6.45, 7) is 13.2. The Balaban J connectivity index is 1.13. The van der Waals surface area contributed by atoms with E-state index in [1.54, 1.807) is 6.20 Å². The number of aromatic amines is 1. The van der Waals surface area contributed by atoms with E-state index >= 15 is 0 Å². The van der Waals surface area contributed by atoms with Crippen LogP contribution in [0, 0.1) is 5.92 Å². The minimum atomic E-state index is -0.578. The molecule has 3 N–H and O–H groups in total. The Bertz CT molecular complexity index is 1480. The van der Waals surface area contributed by atoms with Gasteiger partial charge in [-0.25, -0.2) is 9.78 Å². The molecule has 2 aliphatic rings. The molecule has 4 heterocycles. The van der Waals surface area contributed by atoms with Crippen LogP contribution in [0.2, 0.25) is 0 Å². The molecule has 10 heteroatoms. The van der Waals surface area contributed by atoms with Gasteiger partial charge < -0.3 is 19.9 Å². The largest absolute Gasteiger partial charge is 0.444 e. The lowest BCUT2D eigenvalue weighted by Gasteiger charge is -2.37. The van der Waals surface area contributed by atoms with E-state index in [1.807, 2.05) is 69.9 Å². The second-order valence-electron chi connectivity index (χ2n) is 13.4. The number of likely N-dealkylation sites (tertiary alicyclic amines) is 2. The van der Waals surface area contributed by atoms with Gasteiger partial charge in [-0.1, -0.05) is 18.2 Å². The van der Waals surface area contributed by atoms with Gasteiger partial charge in [-0.2, -0.15) is 0 Å². The van der Waals surface area contributed by atoms with Crippen LogP contribution in [0.5, 0.6) is 0 Å². The maximum Gasteiger partial charge on any atom is 0.413 e. The lowest BCUT2D eigenvalue weighted by molar-refractivity contribution is -0.138. The summed E-state index contributed by atoms with van der Waals surface area (Å²) < 4.78 is 5.33. The van der Waals surface area contributed by atoms with Gasteiger partial charge >= 0.3 is 6.09 Å². The topological polar surface area (TPSA) is 120 Å². The molecule has 44 heavy (non-hydrogen) atoms. The van der Waals surface area contributed by atoms with Gasteiger partial charge in [-0.05, 0) is 109 Å². The van der Waals surface area contributed by atoms with Crippen molar-refractivity contribution in [3.8, 4) is 0 Å². The van der Waals surface area contributed by atoms with Crippen molar-refractivity contribution in [1.29, 1.82) is 0 Å². The summed E-state index contributed by atoms with van der Waals surface area (Å²) in [6, 6.07) is 12.0. The van der Waals surface area contributed by atoms with Crippen LogP contribution in [0.25, 0.3) is 10.9 Å². The smallest absolute Gasteiger partial charge is 0.413 e. The van der Waals surface area contributed by atoms with Crippen LogP contribution in [0.15, 0.2) is 42.6 Å². The number of hydrogen-bond donors (Lipinski definition) is 3. The molecular formula is C34H46N6O4. The molecule has 236 valence electrons. The zero-order chi connectivity index (χ0) is 31.4. The number of piperidine rings is 2. The van der Waals surface area contributed by atoms with Crippen LogP contribution < -0.4 is 10.6 Å². The second kappa shape index (κ2) is 13.4. The first-order valence-corrected chi connectivity index (χ1v) is 15.8. The van der Waals surface area contributed by atoms with E-state index < -0.39 is 11.7 Å². The van der Waals surface area contributed by atoms with Gasteiger partial charge in [-0.3, -0.25) is 19.8 Å². The van der Waals surface area contributed by atoms with Crippen molar-refractivity contribution in [2.75, 3.05) is 31.5 Å². The number of amides is 3. The zero-order valence-electron chi connectivity index (χ0n) is 26.6. The van der Waals surface area contributed by atoms with Gasteiger partial charge in [0, 0.05) is 48.7 Å². The van der Waals surface area contributed by atoms with E-state index in [9.17, 15) is 14.4 Å². The Morgan fingerprint density at radius 3 is 2.41 bits per heavy atom. The minimum absolute atomic E-state index is 0.0325. The molecule has 0 atom stereocenters. The summed E-state index contributed by atoms with van der Waals surface area (Å²) in [4.78, 5) is 50.8. The molecule has 2 saturated heterocycles. The van der Waals surface area contributed by atoms with E-state index in [4.69, 9.17) is 4.74 Å². The molecule has 0 spiro atoms. The summed E-state index contributed by atoms with van der Waals surface area (Å²) in [6.07, 6.45) is 4.51. The van der Waals surface area contributed by atoms with Gasteiger partial charge in [0.1, 0.15) is 17.1 Å². The molecular weight excluding hydrogens is 556 g/mol. The number of fused-ring (bicyclic) bond motifs is 1. The van der Waals surface area contributed by atoms with Crippen LogP contribution in [0.1, 0.15) is 87.8 Å². The first kappa shape index (κ1) is 31.5. The van der Waals surface area contributed by atoms with E-state index in [0.717, 1.165) is 67.3 Å². The Hall–Kier alpha value is -3.92. The third kappa shape index (κ3) is 7.77. The fraction of sp³-hybridized carbons (Fsp3) is 0.529. The van der Waals surface area contributed by atoms with Crippen LogP contribution in [-0.4, -0.2) is 75.5 Å². The second-order valence-corrected chi connectivity index (χ2v) is 13.4. The number of nitrogens with zero attached hydrogens (tertiary/aromatic N) is 3. The SMILES string of the molecule is CC(C)NC(=O)c1[nH]c2ccccc2c1C1CCN(C(=O)C2CCN(Cc3ccnc(NC(=O)OC(C)(C)C)c3)CC2)CC1. The van der Waals surface area contributed by atoms with Crippen molar-refractivity contribution in [2.24, 2.45) is 5.92 Å². The number of anilines is 1. The number of carbonyl (C=O) groups is 3. The van der Waals surface area contributed by atoms with Crippen molar-refractivity contribution in [1.82, 2.24) is 25.1 Å². The molecule has 5 rings (SSSR count). The number of nitrogens with one attached hydrogen (secondary N) is 3. The van der Waals surface area contributed by atoms with Gasteiger partial charge in [0.25, 0.3) is 5.91 Å². The molecule has 3 aromatic rings. The molecule has 0 aliphatic carbocycles. The van der Waals surface area contributed by atoms with Gasteiger partial charge in [-0.15, -0.1) is 0 Å². The van der Waals surface area contributed by atoms with Crippen LogP contribution >= 0.6 is 0 Å². The average molecular weight is 603 g/mol. The van der Waals surface area contributed by atoms with Crippen LogP contribution in [0.4, 0.5) is 10.6 Å². The van der Waals surface area contributed by atoms with E-state index in [2.05, 4.69) is 31.6 Å². The highest BCUT2D eigenvalue weighted by molar-refractivity contribution is 6.01. The van der Waals surface area contributed by atoms with Crippen molar-refractivity contribution >= 4 is 34.6 Å². The summed E-state index contributed by atoms with van der Waals surface area (Å²) in [5.41, 5.74) is 3.19. The third-order valence-corrected chi connectivity index (χ3v) is 8.40. The molecule has 10 nitrogen and oxygen atoms in total. The summed E-state index contributed by atoms with van der Waals surface area (Å²) >= 11 is 0. The zero-order valence-corrected chi connectivity index (χ0v) is 26.6. The molecule has 0 unspecified atom stereocenters. The number of para-hydroxylation sites is 1. The minimum Gasteiger partial charge on any atom is -0.444 e. The maximum atomic E-state index is 13.5. The Labute approximate surface area is 259 Å². The quantitative estimate of drug-likeness (QED) is 0.321. The van der Waals surface area contributed by atoms with Crippen molar-refractivity contribution < 1.29 is 19.1 Å². The Kier molecular flexibility index (Phi) is 9.58. The first-order valence-electron chi connectivity index (χ1n) is 15.8. The molecule has 0 saturated carbocycles. The monoisotopic (exact) mass is 602 g/mol. The lowest BCUT2D eigenvalue weighted by atomic mass is 9.86. The van der Waals surface area contributed by atoms with Crippen molar-refractivity contribution in [2.45, 2.75) is 84.4 Å². The molecule has 1 aromatic carbocycles. The van der Waals surface area contributed by atoms with E-state index in [-0.39, 0.29) is 29.7 Å². The maximum absolute atomic E-state index is 13.5. The number of hydrogen-bond acceptors (Lipinski definition) is 6. The van der Waals surface area contributed by atoms with Crippen LogP contribution in [0.3, 0.4) is 0 Å². The molecule has 0 bridgehead atoms. The number of pyridine rings is 1. The van der Waals surface area contributed by atoms with Gasteiger partial charge in [0.2, 0.25) is 5.91 Å². The van der Waals surface area contributed by atoms with E-state index in [1.165, 1.54) is 0 Å². The predicted octanol–water partition coefficient (Wildman–Crippen LogP) is 5.67. The number of aromatic nitrogens is 2. The predicted molar refractivity (Wildman–Crippen MR) is 172 cm³/mol.